The fourth-order valence-electron chi connectivity index (χ4n) is 0.125. The fraction of sp³-hybridized carbons (Fsp3) is 0. The van der Waals surface area contributed by atoms with Gasteiger partial charge in [0.15, 0.2) is 0 Å². The van der Waals surface area contributed by atoms with E-state index < -0.39 is 30.8 Å². The van der Waals surface area contributed by atoms with Crippen LogP contribution in [0, 0.1) is 0 Å². The molecule has 0 amide bonds. The van der Waals surface area contributed by atoms with E-state index in [1.54, 1.807) is 0 Å². The van der Waals surface area contributed by atoms with Gasteiger partial charge in [-0.1, -0.05) is 19.7 Å². The second-order valence-electron chi connectivity index (χ2n) is 2.38. The molecule has 5 N–H and O–H groups in total. The van der Waals surface area contributed by atoms with Crippen molar-refractivity contribution < 1.29 is 44.1 Å². The Hall–Kier alpha value is -2.22. The summed E-state index contributed by atoms with van der Waals surface area (Å²) in [5, 5.41) is 22.1. The lowest BCUT2D eigenvalue weighted by Gasteiger charge is -1.99. The highest BCUT2D eigenvalue weighted by Crippen LogP contribution is 2.43. The highest BCUT2D eigenvalue weighted by Gasteiger charge is 2.24. The van der Waals surface area contributed by atoms with E-state index in [0.29, 0.717) is 0 Å². The van der Waals surface area contributed by atoms with E-state index in [-0.39, 0.29) is 0 Å². The summed E-state index contributed by atoms with van der Waals surface area (Å²) in [6, 6.07) is 0. The normalized spacial score (nSPS) is 8.53. The van der Waals surface area contributed by atoms with Crippen LogP contribution in [0.2, 0.25) is 0 Å². The van der Waals surface area contributed by atoms with Gasteiger partial charge < -0.3 is 25.1 Å². The first-order valence-electron chi connectivity index (χ1n) is 4.09. The second-order valence-corrected chi connectivity index (χ2v) is 4.01. The van der Waals surface area contributed by atoms with Crippen molar-refractivity contribution in [1.82, 2.24) is 0 Å². The molecule has 0 saturated heterocycles. The van der Waals surface area contributed by atoms with Gasteiger partial charge in [-0.15, -0.1) is 0 Å². The van der Waals surface area contributed by atoms with Crippen LogP contribution in [0.3, 0.4) is 0 Å². The van der Waals surface area contributed by atoms with Gasteiger partial charge in [0.05, 0.1) is 0 Å². The maximum absolute atomic E-state index is 9.99. The zero-order valence-electron chi connectivity index (χ0n) is 9.59. The molecule has 0 aromatic carbocycles. The van der Waals surface area contributed by atoms with Crippen molar-refractivity contribution in [2.45, 2.75) is 0 Å². The van der Waals surface area contributed by atoms with Crippen molar-refractivity contribution in [1.29, 1.82) is 0 Å². The SMILES string of the molecule is C=C(C(=O)O)P(=O)(O)O.C=CC(=O)O.C=CC(=O)O. The summed E-state index contributed by atoms with van der Waals surface area (Å²) in [7, 11) is -4.61. The van der Waals surface area contributed by atoms with Crippen LogP contribution in [0.5, 0.6) is 0 Å². The number of hydrogen-bond donors (Lipinski definition) is 5. The molecule has 0 heterocycles. The van der Waals surface area contributed by atoms with Gasteiger partial charge in [-0.25, -0.2) is 14.4 Å². The Balaban J connectivity index is -0.000000219. The largest absolute Gasteiger partial charge is 0.478 e. The van der Waals surface area contributed by atoms with Gasteiger partial charge in [-0.2, -0.15) is 0 Å². The molecule has 9 nitrogen and oxygen atoms in total. The lowest BCUT2D eigenvalue weighted by Crippen LogP contribution is -1.98. The number of carboxylic acid groups (broad SMARTS) is 3. The van der Waals surface area contributed by atoms with Crippen LogP contribution >= 0.6 is 7.60 Å². The highest BCUT2D eigenvalue weighted by molar-refractivity contribution is 7.57. The Morgan fingerprint density at radius 2 is 1.11 bits per heavy atom. The van der Waals surface area contributed by atoms with E-state index >= 15 is 0 Å². The molecule has 0 aromatic rings. The van der Waals surface area contributed by atoms with Crippen molar-refractivity contribution in [3.8, 4) is 0 Å². The maximum atomic E-state index is 9.99. The molecule has 0 radical (unpaired) electrons. The molecule has 0 bridgehead atoms. The van der Waals surface area contributed by atoms with Gasteiger partial charge in [0.1, 0.15) is 5.31 Å². The molecule has 0 aromatic heterocycles. The third-order valence-electron chi connectivity index (χ3n) is 0.948. The van der Waals surface area contributed by atoms with Crippen molar-refractivity contribution in [2.75, 3.05) is 0 Å². The quantitative estimate of drug-likeness (QED) is 0.361. The molecular weight excluding hydrogens is 283 g/mol. The Labute approximate surface area is 108 Å². The van der Waals surface area contributed by atoms with Crippen LogP contribution in [0.15, 0.2) is 37.2 Å². The molecule has 0 spiro atoms. The molecule has 0 aliphatic heterocycles. The molecule has 10 heteroatoms. The Morgan fingerprint density at radius 3 is 1.11 bits per heavy atom. The number of carbonyl (C=O) groups is 3. The second kappa shape index (κ2) is 10.9. The molecule has 0 fully saturated rings. The molecule has 0 rings (SSSR count). The van der Waals surface area contributed by atoms with Crippen molar-refractivity contribution in [2.24, 2.45) is 0 Å². The first-order chi connectivity index (χ1) is 8.39. The maximum Gasteiger partial charge on any atom is 0.362 e. The van der Waals surface area contributed by atoms with Gasteiger partial charge in [0.25, 0.3) is 0 Å². The lowest BCUT2D eigenvalue weighted by atomic mass is 10.7. The molecule has 19 heavy (non-hydrogen) atoms. The summed E-state index contributed by atoms with van der Waals surface area (Å²) in [4.78, 5) is 44.4. The van der Waals surface area contributed by atoms with Crippen molar-refractivity contribution in [3.05, 3.63) is 37.2 Å². The first-order valence-corrected chi connectivity index (χ1v) is 5.70. The minimum absolute atomic E-state index is 0.833. The van der Waals surface area contributed by atoms with Crippen LogP contribution in [0.1, 0.15) is 0 Å². The minimum Gasteiger partial charge on any atom is -0.478 e. The Kier molecular flexibility index (Phi) is 12.6. The zero-order valence-corrected chi connectivity index (χ0v) is 10.5. The lowest BCUT2D eigenvalue weighted by molar-refractivity contribution is -0.132. The van der Waals surface area contributed by atoms with Crippen LogP contribution in [0.25, 0.3) is 0 Å². The number of rotatable bonds is 4. The zero-order chi connectivity index (χ0) is 16.2. The molecule has 0 atom stereocenters. The Bertz CT molecular complexity index is 399. The van der Waals surface area contributed by atoms with E-state index in [0.717, 1.165) is 12.2 Å². The van der Waals surface area contributed by atoms with E-state index in [1.165, 1.54) is 0 Å². The molecule has 0 aliphatic carbocycles. The predicted molar refractivity (Wildman–Crippen MR) is 64.5 cm³/mol. The van der Waals surface area contributed by atoms with E-state index in [9.17, 15) is 18.9 Å². The molecule has 0 saturated carbocycles. The van der Waals surface area contributed by atoms with Crippen LogP contribution < -0.4 is 0 Å². The monoisotopic (exact) mass is 296 g/mol. The van der Waals surface area contributed by atoms with E-state index in [2.05, 4.69) is 19.7 Å². The topological polar surface area (TPSA) is 169 Å². The standard InChI is InChI=1S/C3H5O5P.2C3H4O2/c1-2(3(4)5)9(6,7)8;2*1-2-3(4)5/h1H2,(H,4,5)(H2,6,7,8);2*2H,1H2,(H,4,5). The third kappa shape index (κ3) is 21.6. The summed E-state index contributed by atoms with van der Waals surface area (Å²) in [5.41, 5.74) is 0. The minimum atomic E-state index is -4.61. The van der Waals surface area contributed by atoms with E-state index in [1.807, 2.05) is 0 Å². The smallest absolute Gasteiger partial charge is 0.362 e. The Morgan fingerprint density at radius 1 is 0.895 bits per heavy atom. The summed E-state index contributed by atoms with van der Waals surface area (Å²) in [6.45, 7) is 8.58. The predicted octanol–water partition coefficient (Wildman–Crippen LogP) is 0.276. The third-order valence-corrected chi connectivity index (χ3v) is 1.84. The number of hydrogen-bond acceptors (Lipinski definition) is 4. The molecule has 0 aliphatic rings. The van der Waals surface area contributed by atoms with Gasteiger partial charge in [-0.05, 0) is 0 Å². The summed E-state index contributed by atoms with van der Waals surface area (Å²) in [5.74, 6) is -3.64. The van der Waals surface area contributed by atoms with Crippen LogP contribution in [-0.2, 0) is 18.9 Å². The van der Waals surface area contributed by atoms with Gasteiger partial charge in [0, 0.05) is 12.2 Å². The van der Waals surface area contributed by atoms with Crippen LogP contribution in [0.4, 0.5) is 0 Å². The van der Waals surface area contributed by atoms with E-state index in [4.69, 9.17) is 25.1 Å². The van der Waals surface area contributed by atoms with Crippen molar-refractivity contribution in [3.63, 3.8) is 0 Å². The average Bonchev–Trinajstić information content (AvgIpc) is 2.28. The summed E-state index contributed by atoms with van der Waals surface area (Å²) < 4.78 is 9.99. The molecular formula is C9H13O9P. The molecule has 108 valence electrons. The highest BCUT2D eigenvalue weighted by atomic mass is 31.2. The van der Waals surface area contributed by atoms with Gasteiger partial charge in [0.2, 0.25) is 0 Å². The molecule has 0 unspecified atom stereocenters. The van der Waals surface area contributed by atoms with Crippen LogP contribution in [-0.4, -0.2) is 43.0 Å². The average molecular weight is 296 g/mol. The first kappa shape index (κ1) is 22.0. The van der Waals surface area contributed by atoms with Gasteiger partial charge in [-0.3, -0.25) is 4.57 Å². The summed E-state index contributed by atoms with van der Waals surface area (Å²) >= 11 is 0. The fourth-order valence-corrected chi connectivity index (χ4v) is 0.374. The number of carboxylic acids is 3. The summed E-state index contributed by atoms with van der Waals surface area (Å²) in [6.07, 6.45) is 1.67. The van der Waals surface area contributed by atoms with Crippen molar-refractivity contribution >= 4 is 25.5 Å². The number of aliphatic carboxylic acids is 3. The van der Waals surface area contributed by atoms with Gasteiger partial charge >= 0.3 is 25.5 Å².